The maximum absolute atomic E-state index is 4.32. The molecule has 2 aromatic heterocycles. The lowest BCUT2D eigenvalue weighted by molar-refractivity contribution is 0.724. The van der Waals surface area contributed by atoms with Crippen molar-refractivity contribution in [3.05, 3.63) is 59.9 Å². The number of thiazole rings is 1. The van der Waals surface area contributed by atoms with Gasteiger partial charge < -0.3 is 9.88 Å². The highest BCUT2D eigenvalue weighted by atomic mass is 32.1. The van der Waals surface area contributed by atoms with Gasteiger partial charge in [0.2, 0.25) is 0 Å². The van der Waals surface area contributed by atoms with Crippen molar-refractivity contribution >= 4 is 17.0 Å². The van der Waals surface area contributed by atoms with Gasteiger partial charge in [0.1, 0.15) is 5.01 Å². The molecule has 1 N–H and O–H groups in total. The molecule has 0 saturated heterocycles. The number of hydrogen-bond donors (Lipinski definition) is 1. The third-order valence-corrected chi connectivity index (χ3v) is 4.12. The van der Waals surface area contributed by atoms with Crippen LogP contribution in [0.2, 0.25) is 0 Å². The second-order valence-electron chi connectivity index (χ2n) is 4.55. The van der Waals surface area contributed by atoms with Crippen LogP contribution >= 0.6 is 11.3 Å². The Labute approximate surface area is 122 Å². The molecule has 0 aliphatic carbocycles. The van der Waals surface area contributed by atoms with Crippen LogP contribution < -0.4 is 5.32 Å². The summed E-state index contributed by atoms with van der Waals surface area (Å²) in [4.78, 5) is 4.32. The van der Waals surface area contributed by atoms with Crippen LogP contribution in [0.5, 0.6) is 0 Å². The Morgan fingerprint density at radius 2 is 2.05 bits per heavy atom. The minimum absolute atomic E-state index is 0.845. The van der Waals surface area contributed by atoms with Gasteiger partial charge >= 0.3 is 0 Å². The van der Waals surface area contributed by atoms with Crippen molar-refractivity contribution in [1.29, 1.82) is 0 Å². The van der Waals surface area contributed by atoms with E-state index in [4.69, 9.17) is 0 Å². The molecule has 20 heavy (non-hydrogen) atoms. The lowest BCUT2D eigenvalue weighted by atomic mass is 10.2. The predicted molar refractivity (Wildman–Crippen MR) is 85.0 cm³/mol. The van der Waals surface area contributed by atoms with Crippen LogP contribution in [0.4, 0.5) is 5.69 Å². The van der Waals surface area contributed by atoms with E-state index in [1.54, 1.807) is 11.3 Å². The fourth-order valence-electron chi connectivity index (χ4n) is 2.21. The highest BCUT2D eigenvalue weighted by Gasteiger charge is 2.01. The molecule has 3 rings (SSSR count). The maximum atomic E-state index is 4.32. The molecular weight excluding hydrogens is 266 g/mol. The van der Waals surface area contributed by atoms with E-state index >= 15 is 0 Å². The normalized spacial score (nSPS) is 10.7. The van der Waals surface area contributed by atoms with Gasteiger partial charge in [-0.3, -0.25) is 0 Å². The van der Waals surface area contributed by atoms with Crippen molar-refractivity contribution in [2.24, 2.45) is 0 Å². The molecule has 0 aliphatic rings. The first-order chi connectivity index (χ1) is 9.86. The molecule has 4 heteroatoms. The van der Waals surface area contributed by atoms with Gasteiger partial charge in [-0.2, -0.15) is 0 Å². The third-order valence-electron chi connectivity index (χ3n) is 3.30. The van der Waals surface area contributed by atoms with Gasteiger partial charge in [0.05, 0.1) is 6.54 Å². The first kappa shape index (κ1) is 12.9. The number of anilines is 1. The average molecular weight is 283 g/mol. The second kappa shape index (κ2) is 5.92. The molecule has 0 amide bonds. The molecule has 0 spiro atoms. The van der Waals surface area contributed by atoms with Crippen LogP contribution in [0.1, 0.15) is 12.6 Å². The zero-order chi connectivity index (χ0) is 13.8. The summed E-state index contributed by atoms with van der Waals surface area (Å²) in [7, 11) is 0. The molecule has 0 unspecified atom stereocenters. The predicted octanol–water partition coefficient (Wildman–Crippen LogP) is 4.24. The monoisotopic (exact) mass is 283 g/mol. The number of rotatable bonds is 5. The average Bonchev–Trinajstić information content (AvgIpc) is 3.16. The van der Waals surface area contributed by atoms with E-state index in [1.165, 1.54) is 11.3 Å². The number of nitrogens with one attached hydrogen (secondary N) is 1. The Hall–Kier alpha value is -2.07. The van der Waals surface area contributed by atoms with E-state index in [0.717, 1.165) is 23.8 Å². The lowest BCUT2D eigenvalue weighted by Crippen LogP contribution is -2.05. The fourth-order valence-corrected chi connectivity index (χ4v) is 2.85. The van der Waals surface area contributed by atoms with Gasteiger partial charge in [0.15, 0.2) is 0 Å². The fraction of sp³-hybridized carbons (Fsp3) is 0.188. The van der Waals surface area contributed by atoms with Gasteiger partial charge in [0, 0.05) is 41.3 Å². The molecule has 3 nitrogen and oxygen atoms in total. The molecule has 0 saturated carbocycles. The van der Waals surface area contributed by atoms with Crippen molar-refractivity contribution < 1.29 is 0 Å². The van der Waals surface area contributed by atoms with Crippen LogP contribution in [0.15, 0.2) is 54.2 Å². The molecule has 0 fully saturated rings. The number of aryl methyl sites for hydroxylation is 1. The second-order valence-corrected chi connectivity index (χ2v) is 5.45. The summed E-state index contributed by atoms with van der Waals surface area (Å²) < 4.78 is 2.25. The molecule has 2 heterocycles. The van der Waals surface area contributed by atoms with E-state index in [0.29, 0.717) is 0 Å². The lowest BCUT2D eigenvalue weighted by Gasteiger charge is -2.09. The summed E-state index contributed by atoms with van der Waals surface area (Å²) in [6, 6.07) is 12.7. The van der Waals surface area contributed by atoms with E-state index in [1.807, 2.05) is 11.6 Å². The van der Waals surface area contributed by atoms with Crippen molar-refractivity contribution in [2.45, 2.75) is 20.0 Å². The van der Waals surface area contributed by atoms with Gasteiger partial charge in [-0.25, -0.2) is 4.98 Å². The van der Waals surface area contributed by atoms with Crippen LogP contribution in [0.3, 0.4) is 0 Å². The molecule has 0 radical (unpaired) electrons. The summed E-state index contributed by atoms with van der Waals surface area (Å²) in [5.41, 5.74) is 3.60. The smallest absolute Gasteiger partial charge is 0.123 e. The third kappa shape index (κ3) is 2.75. The summed E-state index contributed by atoms with van der Waals surface area (Å²) in [6.45, 7) is 4.01. The molecule has 0 aliphatic heterocycles. The molecule has 0 bridgehead atoms. The molecule has 0 atom stereocenters. The number of nitrogens with zero attached hydrogens (tertiary/aromatic N) is 2. The summed E-state index contributed by atoms with van der Waals surface area (Å²) in [5.74, 6) is 0. The van der Waals surface area contributed by atoms with Gasteiger partial charge in [-0.15, -0.1) is 11.3 Å². The Bertz CT molecular complexity index is 653. The number of benzene rings is 1. The Morgan fingerprint density at radius 1 is 1.20 bits per heavy atom. The SMILES string of the molecule is CCn1cccc1CNc1ccc(-c2nccs2)cc1. The van der Waals surface area contributed by atoms with Crippen LogP contribution in [-0.2, 0) is 13.1 Å². The first-order valence-corrected chi connectivity index (χ1v) is 7.62. The summed E-state index contributed by atoms with van der Waals surface area (Å²) in [6.07, 6.45) is 3.95. The molecular formula is C16H17N3S. The highest BCUT2D eigenvalue weighted by molar-refractivity contribution is 7.13. The Balaban J connectivity index is 1.67. The zero-order valence-corrected chi connectivity index (χ0v) is 12.2. The van der Waals surface area contributed by atoms with Crippen LogP contribution in [0, 0.1) is 0 Å². The Kier molecular flexibility index (Phi) is 3.83. The highest BCUT2D eigenvalue weighted by Crippen LogP contribution is 2.23. The topological polar surface area (TPSA) is 29.9 Å². The van der Waals surface area contributed by atoms with E-state index in [-0.39, 0.29) is 0 Å². The Morgan fingerprint density at radius 3 is 2.75 bits per heavy atom. The van der Waals surface area contributed by atoms with Crippen LogP contribution in [-0.4, -0.2) is 9.55 Å². The van der Waals surface area contributed by atoms with E-state index < -0.39 is 0 Å². The number of hydrogen-bond acceptors (Lipinski definition) is 3. The zero-order valence-electron chi connectivity index (χ0n) is 11.4. The minimum atomic E-state index is 0.845. The van der Waals surface area contributed by atoms with Crippen LogP contribution in [0.25, 0.3) is 10.6 Å². The van der Waals surface area contributed by atoms with Crippen molar-refractivity contribution in [2.75, 3.05) is 5.32 Å². The quantitative estimate of drug-likeness (QED) is 0.759. The number of aromatic nitrogens is 2. The first-order valence-electron chi connectivity index (χ1n) is 6.74. The van der Waals surface area contributed by atoms with E-state index in [9.17, 15) is 0 Å². The molecule has 1 aromatic carbocycles. The van der Waals surface area contributed by atoms with Gasteiger partial charge in [0.25, 0.3) is 0 Å². The van der Waals surface area contributed by atoms with E-state index in [2.05, 4.69) is 64.4 Å². The maximum Gasteiger partial charge on any atom is 0.123 e. The molecule has 102 valence electrons. The molecule has 3 aromatic rings. The minimum Gasteiger partial charge on any atom is -0.379 e. The van der Waals surface area contributed by atoms with Crippen molar-refractivity contribution in [3.63, 3.8) is 0 Å². The van der Waals surface area contributed by atoms with Gasteiger partial charge in [-0.1, -0.05) is 0 Å². The van der Waals surface area contributed by atoms with Gasteiger partial charge in [-0.05, 0) is 43.3 Å². The largest absolute Gasteiger partial charge is 0.379 e. The van der Waals surface area contributed by atoms with Crippen molar-refractivity contribution in [1.82, 2.24) is 9.55 Å². The van der Waals surface area contributed by atoms with Crippen molar-refractivity contribution in [3.8, 4) is 10.6 Å². The standard InChI is InChI=1S/C16H17N3S/c1-2-19-10-3-4-15(19)12-18-14-7-5-13(6-8-14)16-17-9-11-20-16/h3-11,18H,2,12H2,1H3. The summed E-state index contributed by atoms with van der Waals surface area (Å²) in [5, 5.41) is 6.52. The summed E-state index contributed by atoms with van der Waals surface area (Å²) >= 11 is 1.66.